The van der Waals surface area contributed by atoms with Crippen LogP contribution >= 0.6 is 36.2 Å². The number of thiazole rings is 1. The molecule has 0 bridgehead atoms. The summed E-state index contributed by atoms with van der Waals surface area (Å²) in [7, 11) is 0. The van der Waals surface area contributed by atoms with Gasteiger partial charge < -0.3 is 15.8 Å². The topological polar surface area (TPSA) is 77.2 Å². The number of nitrogens with zero attached hydrogens (tertiary/aromatic N) is 1. The monoisotopic (exact) mass is 431 g/mol. The molecular formula is C19H27Cl2N3O2S. The van der Waals surface area contributed by atoms with E-state index in [1.54, 1.807) is 11.3 Å². The molecule has 0 aliphatic carbocycles. The van der Waals surface area contributed by atoms with Crippen molar-refractivity contribution < 1.29 is 9.53 Å². The molecule has 3 N–H and O–H groups in total. The van der Waals surface area contributed by atoms with E-state index in [9.17, 15) is 4.79 Å². The minimum Gasteiger partial charge on any atom is -0.381 e. The molecule has 1 saturated heterocycles. The molecule has 150 valence electrons. The van der Waals surface area contributed by atoms with Gasteiger partial charge in [-0.1, -0.05) is 24.3 Å². The van der Waals surface area contributed by atoms with Crippen molar-refractivity contribution in [2.24, 2.45) is 11.7 Å². The van der Waals surface area contributed by atoms with E-state index >= 15 is 0 Å². The van der Waals surface area contributed by atoms with Crippen molar-refractivity contribution in [3.05, 3.63) is 40.2 Å². The number of carbonyl (C=O) groups is 1. The number of ether oxygens (including phenoxy) is 1. The first-order valence-corrected chi connectivity index (χ1v) is 9.64. The smallest absolute Gasteiger partial charge is 0.237 e. The molecule has 8 heteroatoms. The van der Waals surface area contributed by atoms with Gasteiger partial charge in [-0.3, -0.25) is 4.79 Å². The summed E-state index contributed by atoms with van der Waals surface area (Å²) in [4.78, 5) is 16.7. The highest BCUT2D eigenvalue weighted by Gasteiger charge is 2.26. The molecule has 3 rings (SSSR count). The molecule has 1 aliphatic heterocycles. The second-order valence-electron chi connectivity index (χ2n) is 6.47. The predicted octanol–water partition coefficient (Wildman–Crippen LogP) is 3.37. The maximum absolute atomic E-state index is 12.2. The number of nitrogens with one attached hydrogen (secondary N) is 1. The van der Waals surface area contributed by atoms with E-state index in [1.165, 1.54) is 5.56 Å². The fourth-order valence-electron chi connectivity index (χ4n) is 3.08. The highest BCUT2D eigenvalue weighted by atomic mass is 35.5. The van der Waals surface area contributed by atoms with Gasteiger partial charge in [-0.15, -0.1) is 36.2 Å². The zero-order valence-electron chi connectivity index (χ0n) is 15.3. The second kappa shape index (κ2) is 11.6. The van der Waals surface area contributed by atoms with Crippen molar-refractivity contribution in [1.82, 2.24) is 10.3 Å². The lowest BCUT2D eigenvalue weighted by Gasteiger charge is -2.26. The number of halogens is 2. The summed E-state index contributed by atoms with van der Waals surface area (Å²) in [6.45, 7) is 4.02. The fourth-order valence-corrected chi connectivity index (χ4v) is 3.70. The van der Waals surface area contributed by atoms with Crippen LogP contribution in [0.5, 0.6) is 0 Å². The van der Waals surface area contributed by atoms with Crippen LogP contribution in [0, 0.1) is 12.8 Å². The number of benzene rings is 1. The zero-order chi connectivity index (χ0) is 17.6. The third kappa shape index (κ3) is 6.73. The molecule has 5 nitrogen and oxygen atoms in total. The van der Waals surface area contributed by atoms with E-state index in [2.05, 4.69) is 39.9 Å². The molecular weight excluding hydrogens is 405 g/mol. The minimum absolute atomic E-state index is 0. The van der Waals surface area contributed by atoms with E-state index in [4.69, 9.17) is 10.5 Å². The Balaban J connectivity index is 0.00000182. The number of aromatic nitrogens is 1. The normalized spacial score (nSPS) is 15.3. The Morgan fingerprint density at radius 3 is 2.56 bits per heavy atom. The molecule has 0 radical (unpaired) electrons. The highest BCUT2D eigenvalue weighted by molar-refractivity contribution is 7.09. The molecule has 1 fully saturated rings. The van der Waals surface area contributed by atoms with Crippen molar-refractivity contribution >= 4 is 42.1 Å². The molecule has 2 aromatic rings. The fraction of sp³-hybridized carbons (Fsp3) is 0.474. The number of carbonyl (C=O) groups excluding carboxylic acids is 1. The van der Waals surface area contributed by atoms with Gasteiger partial charge in [0.2, 0.25) is 5.91 Å². The Morgan fingerprint density at radius 1 is 1.30 bits per heavy atom. The molecule has 1 atom stereocenters. The number of nitrogens with two attached hydrogens (primary N) is 1. The average Bonchev–Trinajstić information content (AvgIpc) is 3.08. The largest absolute Gasteiger partial charge is 0.381 e. The Hall–Kier alpha value is -1.18. The first kappa shape index (κ1) is 23.9. The van der Waals surface area contributed by atoms with Gasteiger partial charge in [0.15, 0.2) is 0 Å². The van der Waals surface area contributed by atoms with Gasteiger partial charge in [0.05, 0.1) is 16.7 Å². The number of hydrogen-bond donors (Lipinski definition) is 2. The molecule has 1 aromatic carbocycles. The molecule has 1 unspecified atom stereocenters. The van der Waals surface area contributed by atoms with Crippen molar-refractivity contribution in [2.45, 2.75) is 32.2 Å². The lowest BCUT2D eigenvalue weighted by molar-refractivity contribution is -0.124. The highest BCUT2D eigenvalue weighted by Crippen LogP contribution is 2.22. The predicted molar refractivity (Wildman–Crippen MR) is 115 cm³/mol. The number of amides is 1. The average molecular weight is 432 g/mol. The molecule has 0 saturated carbocycles. The standard InChI is InChI=1S/C19H25N3O2S.2ClH/c1-13-22-17(12-25-13)15-4-2-14(3-5-15)6-9-21-19(23)18(20)16-7-10-24-11-8-16;;/h2-5,12,16,18H,6-11,20H2,1H3,(H,21,23);2*1H. The quantitative estimate of drug-likeness (QED) is 0.734. The van der Waals surface area contributed by atoms with Crippen molar-refractivity contribution in [1.29, 1.82) is 0 Å². The van der Waals surface area contributed by atoms with Gasteiger partial charge in [0, 0.05) is 30.7 Å². The summed E-state index contributed by atoms with van der Waals surface area (Å²) in [5.74, 6) is 0.177. The summed E-state index contributed by atoms with van der Waals surface area (Å²) in [6.07, 6.45) is 2.53. The van der Waals surface area contributed by atoms with Crippen LogP contribution in [0.4, 0.5) is 0 Å². The van der Waals surface area contributed by atoms with Crippen LogP contribution < -0.4 is 11.1 Å². The van der Waals surface area contributed by atoms with Crippen molar-refractivity contribution in [2.75, 3.05) is 19.8 Å². The number of aryl methyl sites for hydroxylation is 1. The van der Waals surface area contributed by atoms with E-state index < -0.39 is 6.04 Å². The molecule has 0 spiro atoms. The van der Waals surface area contributed by atoms with Gasteiger partial charge >= 0.3 is 0 Å². The molecule has 2 heterocycles. The Kier molecular flexibility index (Phi) is 10.3. The van der Waals surface area contributed by atoms with Crippen LogP contribution in [0.15, 0.2) is 29.6 Å². The molecule has 1 aromatic heterocycles. The molecule has 1 aliphatic rings. The number of rotatable bonds is 6. The van der Waals surface area contributed by atoms with Crippen molar-refractivity contribution in [3.8, 4) is 11.3 Å². The maximum Gasteiger partial charge on any atom is 0.237 e. The maximum atomic E-state index is 12.2. The molecule has 1 amide bonds. The first-order valence-electron chi connectivity index (χ1n) is 8.76. The first-order chi connectivity index (χ1) is 12.1. The second-order valence-corrected chi connectivity index (χ2v) is 7.53. The minimum atomic E-state index is -0.431. The summed E-state index contributed by atoms with van der Waals surface area (Å²) >= 11 is 1.66. The zero-order valence-corrected chi connectivity index (χ0v) is 17.8. The van der Waals surface area contributed by atoms with Gasteiger partial charge in [-0.25, -0.2) is 4.98 Å². The van der Waals surface area contributed by atoms with Crippen LogP contribution in [-0.2, 0) is 16.0 Å². The summed E-state index contributed by atoms with van der Waals surface area (Å²) < 4.78 is 5.32. The van der Waals surface area contributed by atoms with Crippen LogP contribution in [0.2, 0.25) is 0 Å². The van der Waals surface area contributed by atoms with E-state index in [-0.39, 0.29) is 36.6 Å². The van der Waals surface area contributed by atoms with E-state index in [1.807, 2.05) is 6.92 Å². The van der Waals surface area contributed by atoms with Crippen LogP contribution in [0.25, 0.3) is 11.3 Å². The third-order valence-electron chi connectivity index (χ3n) is 4.66. The summed E-state index contributed by atoms with van der Waals surface area (Å²) in [5.41, 5.74) is 9.42. The van der Waals surface area contributed by atoms with Gasteiger partial charge in [0.1, 0.15) is 0 Å². The molecule has 27 heavy (non-hydrogen) atoms. The SMILES string of the molecule is Cc1nc(-c2ccc(CCNC(=O)C(N)C3CCOCC3)cc2)cs1.Cl.Cl. The van der Waals surface area contributed by atoms with Gasteiger partial charge in [-0.05, 0) is 37.7 Å². The Labute approximate surface area is 176 Å². The van der Waals surface area contributed by atoms with Crippen molar-refractivity contribution in [3.63, 3.8) is 0 Å². The number of hydrogen-bond acceptors (Lipinski definition) is 5. The summed E-state index contributed by atoms with van der Waals surface area (Å²) in [6, 6.07) is 7.92. The summed E-state index contributed by atoms with van der Waals surface area (Å²) in [5, 5.41) is 6.11. The van der Waals surface area contributed by atoms with E-state index in [0.717, 1.165) is 35.5 Å². The Bertz CT molecular complexity index is 703. The van der Waals surface area contributed by atoms with Crippen LogP contribution in [0.3, 0.4) is 0 Å². The Morgan fingerprint density at radius 2 is 1.96 bits per heavy atom. The van der Waals surface area contributed by atoms with Crippen LogP contribution in [0.1, 0.15) is 23.4 Å². The van der Waals surface area contributed by atoms with E-state index in [0.29, 0.717) is 19.8 Å². The van der Waals surface area contributed by atoms with Gasteiger partial charge in [0.25, 0.3) is 0 Å². The lowest BCUT2D eigenvalue weighted by Crippen LogP contribution is -2.47. The van der Waals surface area contributed by atoms with Crippen LogP contribution in [-0.4, -0.2) is 36.7 Å². The van der Waals surface area contributed by atoms with Gasteiger partial charge in [-0.2, -0.15) is 0 Å². The third-order valence-corrected chi connectivity index (χ3v) is 5.43. The lowest BCUT2D eigenvalue weighted by atomic mass is 9.92.